The van der Waals surface area contributed by atoms with Gasteiger partial charge in [0.1, 0.15) is 5.75 Å². The molecule has 0 unspecified atom stereocenters. The number of ether oxygens (including phenoxy) is 2. The highest BCUT2D eigenvalue weighted by Gasteiger charge is 2.13. The van der Waals surface area contributed by atoms with Crippen molar-refractivity contribution < 1.29 is 23.9 Å². The lowest BCUT2D eigenvalue weighted by atomic mass is 10.2. The van der Waals surface area contributed by atoms with E-state index in [0.717, 1.165) is 0 Å². The second-order valence-corrected chi connectivity index (χ2v) is 6.31. The third-order valence-electron chi connectivity index (χ3n) is 3.15. The average molecular weight is 382 g/mol. The number of benzene rings is 1. The molecule has 0 radical (unpaired) electrons. The highest BCUT2D eigenvalue weighted by atomic mass is 35.5. The molecule has 0 saturated heterocycles. The summed E-state index contributed by atoms with van der Waals surface area (Å²) < 4.78 is 9.88. The molecular formula is C17H16ClNO5S. The van der Waals surface area contributed by atoms with E-state index in [1.54, 1.807) is 29.6 Å². The standard InChI is InChI=1S/C17H16ClNO5S/c1-23-14-6-4-11(9-12(14)18)19-16(21)10-24-17(22)7-5-13(20)15-3-2-8-25-15/h2-4,6,8-9H,5,7,10H2,1H3,(H,19,21). The zero-order valence-electron chi connectivity index (χ0n) is 13.4. The van der Waals surface area contributed by atoms with E-state index in [4.69, 9.17) is 21.1 Å². The Morgan fingerprint density at radius 2 is 2.00 bits per heavy atom. The van der Waals surface area contributed by atoms with Crippen molar-refractivity contribution in [3.63, 3.8) is 0 Å². The van der Waals surface area contributed by atoms with Crippen molar-refractivity contribution in [2.45, 2.75) is 12.8 Å². The number of methoxy groups -OCH3 is 1. The van der Waals surface area contributed by atoms with Crippen molar-refractivity contribution >= 4 is 46.3 Å². The van der Waals surface area contributed by atoms with E-state index in [0.29, 0.717) is 21.3 Å². The van der Waals surface area contributed by atoms with E-state index in [2.05, 4.69) is 5.32 Å². The van der Waals surface area contributed by atoms with Gasteiger partial charge in [-0.1, -0.05) is 17.7 Å². The molecule has 0 aliphatic heterocycles. The van der Waals surface area contributed by atoms with Crippen LogP contribution < -0.4 is 10.1 Å². The van der Waals surface area contributed by atoms with Gasteiger partial charge in [-0.25, -0.2) is 0 Å². The molecule has 25 heavy (non-hydrogen) atoms. The zero-order valence-corrected chi connectivity index (χ0v) is 15.0. The molecule has 8 heteroatoms. The van der Waals surface area contributed by atoms with Gasteiger partial charge in [0, 0.05) is 12.1 Å². The average Bonchev–Trinajstić information content (AvgIpc) is 3.12. The monoisotopic (exact) mass is 381 g/mol. The van der Waals surface area contributed by atoms with Gasteiger partial charge in [-0.3, -0.25) is 14.4 Å². The number of Topliss-reactive ketones (excluding diaryl/α,β-unsaturated/α-hetero) is 1. The predicted molar refractivity (Wildman–Crippen MR) is 95.5 cm³/mol. The molecule has 0 spiro atoms. The number of anilines is 1. The Hall–Kier alpha value is -2.38. The molecule has 6 nitrogen and oxygen atoms in total. The molecule has 0 aliphatic carbocycles. The molecule has 2 rings (SSSR count). The first-order valence-corrected chi connectivity index (χ1v) is 8.61. The Labute approximate surface area is 153 Å². The van der Waals surface area contributed by atoms with E-state index < -0.39 is 18.5 Å². The lowest BCUT2D eigenvalue weighted by molar-refractivity contribution is -0.147. The first-order valence-electron chi connectivity index (χ1n) is 7.35. The Morgan fingerprint density at radius 1 is 1.20 bits per heavy atom. The van der Waals surface area contributed by atoms with Crippen LogP contribution >= 0.6 is 22.9 Å². The van der Waals surface area contributed by atoms with Crippen molar-refractivity contribution in [3.05, 3.63) is 45.6 Å². The second kappa shape index (κ2) is 9.19. The summed E-state index contributed by atoms with van der Waals surface area (Å²) in [5, 5.41) is 4.70. The summed E-state index contributed by atoms with van der Waals surface area (Å²) in [6.07, 6.45) is -0.0204. The number of ketones is 1. The lowest BCUT2D eigenvalue weighted by Gasteiger charge is -2.08. The summed E-state index contributed by atoms with van der Waals surface area (Å²) in [7, 11) is 1.49. The largest absolute Gasteiger partial charge is 0.495 e. The van der Waals surface area contributed by atoms with Gasteiger partial charge >= 0.3 is 5.97 Å². The summed E-state index contributed by atoms with van der Waals surface area (Å²) in [6.45, 7) is -0.435. The fourth-order valence-corrected chi connectivity index (χ4v) is 2.89. The highest BCUT2D eigenvalue weighted by molar-refractivity contribution is 7.12. The third-order valence-corrected chi connectivity index (χ3v) is 4.36. The van der Waals surface area contributed by atoms with Crippen molar-refractivity contribution in [2.24, 2.45) is 0 Å². The van der Waals surface area contributed by atoms with Crippen LogP contribution in [0.2, 0.25) is 5.02 Å². The number of nitrogens with one attached hydrogen (secondary N) is 1. The number of hydrogen-bond acceptors (Lipinski definition) is 6. The normalized spacial score (nSPS) is 10.2. The Morgan fingerprint density at radius 3 is 2.64 bits per heavy atom. The highest BCUT2D eigenvalue weighted by Crippen LogP contribution is 2.27. The lowest BCUT2D eigenvalue weighted by Crippen LogP contribution is -2.21. The Balaban J connectivity index is 1.73. The van der Waals surface area contributed by atoms with Crippen LogP contribution in [0.3, 0.4) is 0 Å². The van der Waals surface area contributed by atoms with Crippen LogP contribution in [-0.4, -0.2) is 31.4 Å². The zero-order chi connectivity index (χ0) is 18.2. The van der Waals surface area contributed by atoms with Gasteiger partial charge < -0.3 is 14.8 Å². The smallest absolute Gasteiger partial charge is 0.306 e. The maximum Gasteiger partial charge on any atom is 0.306 e. The van der Waals surface area contributed by atoms with Crippen LogP contribution in [0.4, 0.5) is 5.69 Å². The van der Waals surface area contributed by atoms with Gasteiger partial charge in [-0.05, 0) is 29.6 Å². The fraction of sp³-hybridized carbons (Fsp3) is 0.235. The Kier molecular flexibility index (Phi) is 6.97. The molecule has 1 N–H and O–H groups in total. The van der Waals surface area contributed by atoms with E-state index in [1.807, 2.05) is 0 Å². The fourth-order valence-electron chi connectivity index (χ4n) is 1.94. The van der Waals surface area contributed by atoms with Crippen LogP contribution in [0.5, 0.6) is 5.75 Å². The van der Waals surface area contributed by atoms with E-state index in [1.165, 1.54) is 24.5 Å². The maximum absolute atomic E-state index is 11.8. The molecular weight excluding hydrogens is 366 g/mol. The topological polar surface area (TPSA) is 81.7 Å². The minimum Gasteiger partial charge on any atom is -0.495 e. The van der Waals surface area contributed by atoms with Crippen molar-refractivity contribution in [3.8, 4) is 5.75 Å². The number of amides is 1. The first-order chi connectivity index (χ1) is 12.0. The van der Waals surface area contributed by atoms with Gasteiger partial charge in [0.05, 0.1) is 23.4 Å². The van der Waals surface area contributed by atoms with Crippen LogP contribution in [0.1, 0.15) is 22.5 Å². The second-order valence-electron chi connectivity index (χ2n) is 4.96. The molecule has 0 saturated carbocycles. The third kappa shape index (κ3) is 5.88. The van der Waals surface area contributed by atoms with Gasteiger partial charge in [-0.15, -0.1) is 11.3 Å². The molecule has 0 aliphatic rings. The van der Waals surface area contributed by atoms with Gasteiger partial charge in [0.25, 0.3) is 5.91 Å². The molecule has 2 aromatic rings. The SMILES string of the molecule is COc1ccc(NC(=O)COC(=O)CCC(=O)c2cccs2)cc1Cl. The van der Waals surface area contributed by atoms with E-state index >= 15 is 0 Å². The molecule has 0 fully saturated rings. The van der Waals surface area contributed by atoms with Crippen LogP contribution in [0.25, 0.3) is 0 Å². The van der Waals surface area contributed by atoms with Crippen LogP contribution in [0, 0.1) is 0 Å². The summed E-state index contributed by atoms with van der Waals surface area (Å²) in [6, 6.07) is 8.22. The molecule has 132 valence electrons. The molecule has 1 aromatic heterocycles. The van der Waals surface area contributed by atoms with Crippen molar-refractivity contribution in [1.29, 1.82) is 0 Å². The summed E-state index contributed by atoms with van der Waals surface area (Å²) >= 11 is 7.28. The summed E-state index contributed by atoms with van der Waals surface area (Å²) in [4.78, 5) is 35.8. The number of carbonyl (C=O) groups excluding carboxylic acids is 3. The Bertz CT molecular complexity index is 760. The van der Waals surface area contributed by atoms with Gasteiger partial charge in [0.15, 0.2) is 12.4 Å². The molecule has 0 atom stereocenters. The van der Waals surface area contributed by atoms with Crippen LogP contribution in [-0.2, 0) is 14.3 Å². The van der Waals surface area contributed by atoms with E-state index in [9.17, 15) is 14.4 Å². The maximum atomic E-state index is 11.8. The number of rotatable bonds is 8. The van der Waals surface area contributed by atoms with Crippen LogP contribution in [0.15, 0.2) is 35.7 Å². The molecule has 1 amide bonds. The van der Waals surface area contributed by atoms with E-state index in [-0.39, 0.29) is 18.6 Å². The number of thiophene rings is 1. The predicted octanol–water partition coefficient (Wildman–Crippen LogP) is 3.55. The van der Waals surface area contributed by atoms with Crippen molar-refractivity contribution in [1.82, 2.24) is 0 Å². The van der Waals surface area contributed by atoms with Gasteiger partial charge in [-0.2, -0.15) is 0 Å². The molecule has 1 aromatic carbocycles. The summed E-state index contributed by atoms with van der Waals surface area (Å²) in [5.74, 6) is -0.738. The van der Waals surface area contributed by atoms with Crippen molar-refractivity contribution in [2.75, 3.05) is 19.0 Å². The number of esters is 1. The van der Waals surface area contributed by atoms with Gasteiger partial charge in [0.2, 0.25) is 0 Å². The first kappa shape index (κ1) is 19.0. The summed E-state index contributed by atoms with van der Waals surface area (Å²) in [5.41, 5.74) is 0.458. The quantitative estimate of drug-likeness (QED) is 0.558. The number of halogens is 1. The number of hydrogen-bond donors (Lipinski definition) is 1. The minimum atomic E-state index is -0.604. The number of carbonyl (C=O) groups is 3. The molecule has 1 heterocycles. The minimum absolute atomic E-state index is 0.0506. The molecule has 0 bridgehead atoms.